The number of halogens is 1. The molecule has 1 aliphatic heterocycles. The molecule has 2 aromatic carbocycles. The lowest BCUT2D eigenvalue weighted by molar-refractivity contribution is 0.104. The van der Waals surface area contributed by atoms with Crippen LogP contribution < -0.4 is 10.4 Å². The van der Waals surface area contributed by atoms with Gasteiger partial charge < -0.3 is 4.90 Å². The fraction of sp³-hybridized carbons (Fsp3) is 0.235. The van der Waals surface area contributed by atoms with Crippen LogP contribution in [0.4, 0.5) is 4.39 Å². The zero-order valence-electron chi connectivity index (χ0n) is 23.0. The number of aliphatic imine (C=N–C) groups is 1. The second-order valence-corrected chi connectivity index (χ2v) is 11.8. The number of likely N-dealkylation sites (N-methyl/N-ethyl adjacent to an activating group) is 1. The van der Waals surface area contributed by atoms with Crippen LogP contribution in [0.2, 0.25) is 0 Å². The molecule has 0 saturated carbocycles. The first-order valence-electron chi connectivity index (χ1n) is 14.0. The van der Waals surface area contributed by atoms with Crippen molar-refractivity contribution in [1.29, 1.82) is 0 Å². The average Bonchev–Trinajstić information content (AvgIpc) is 3.22. The molecule has 208 valence electrons. The molecule has 0 amide bonds. The molecule has 2 aromatic rings. The lowest BCUT2D eigenvalue weighted by Gasteiger charge is -2.35. The van der Waals surface area contributed by atoms with E-state index in [4.69, 9.17) is 0 Å². The number of fused-ring (bicyclic) bond motifs is 4. The van der Waals surface area contributed by atoms with Crippen LogP contribution in [0.3, 0.4) is 0 Å². The predicted octanol–water partition coefficient (Wildman–Crippen LogP) is 4.80. The molecule has 0 N–H and O–H groups in total. The minimum absolute atomic E-state index is 0.00767. The Balaban J connectivity index is 1.63. The van der Waals surface area contributed by atoms with Crippen LogP contribution in [0.1, 0.15) is 60.0 Å². The highest BCUT2D eigenvalue weighted by atomic mass is 32.2. The molecule has 0 radical (unpaired) electrons. The van der Waals surface area contributed by atoms with Crippen LogP contribution in [0.25, 0.3) is 11.1 Å². The van der Waals surface area contributed by atoms with Gasteiger partial charge in [-0.1, -0.05) is 49.4 Å². The van der Waals surface area contributed by atoms with Crippen molar-refractivity contribution in [1.82, 2.24) is 4.90 Å². The average molecular weight is 567 g/mol. The number of benzene rings is 2. The van der Waals surface area contributed by atoms with Crippen LogP contribution in [0.5, 0.6) is 0 Å². The highest BCUT2D eigenvalue weighted by Crippen LogP contribution is 2.45. The molecule has 41 heavy (non-hydrogen) atoms. The molecule has 0 saturated heterocycles. The maximum Gasteiger partial charge on any atom is 0.187 e. The first-order chi connectivity index (χ1) is 19.9. The molecule has 0 spiro atoms. The molecule has 0 aromatic heterocycles. The van der Waals surface area contributed by atoms with Gasteiger partial charge in [0.25, 0.3) is 0 Å². The van der Waals surface area contributed by atoms with E-state index in [0.717, 1.165) is 56.1 Å². The number of thiol groups is 1. The van der Waals surface area contributed by atoms with Gasteiger partial charge in [-0.25, -0.2) is 12.8 Å². The Labute approximate surface area is 240 Å². The largest absolute Gasteiger partial charge is 0.346 e. The summed E-state index contributed by atoms with van der Waals surface area (Å²) in [5.41, 5.74) is 7.33. The van der Waals surface area contributed by atoms with Gasteiger partial charge >= 0.3 is 0 Å². The molecule has 0 fully saturated rings. The van der Waals surface area contributed by atoms with E-state index in [1.165, 1.54) is 12.1 Å². The quantitative estimate of drug-likeness (QED) is 0.511. The number of allylic oxidation sites excluding steroid dienone is 6. The van der Waals surface area contributed by atoms with E-state index in [-0.39, 0.29) is 29.2 Å². The third kappa shape index (κ3) is 4.88. The molecule has 7 heteroatoms. The highest BCUT2D eigenvalue weighted by molar-refractivity contribution is 7.72. The first kappa shape index (κ1) is 27.1. The predicted molar refractivity (Wildman–Crippen MR) is 162 cm³/mol. The Kier molecular flexibility index (Phi) is 7.30. The molecular weight excluding hydrogens is 535 g/mol. The second kappa shape index (κ2) is 11.1. The molecule has 2 atom stereocenters. The zero-order valence-corrected chi connectivity index (χ0v) is 23.9. The fourth-order valence-corrected chi connectivity index (χ4v) is 6.85. The number of nitrogens with zero attached hydrogens (tertiary/aromatic N) is 2. The van der Waals surface area contributed by atoms with E-state index in [2.05, 4.69) is 35.9 Å². The Hall–Kier alpha value is -4.10. The zero-order chi connectivity index (χ0) is 28.7. The molecule has 6 rings (SSSR count). The van der Waals surface area contributed by atoms with Crippen molar-refractivity contribution in [2.75, 3.05) is 12.3 Å². The van der Waals surface area contributed by atoms with Crippen LogP contribution in [-0.2, 0) is 10.7 Å². The van der Waals surface area contributed by atoms with Gasteiger partial charge in [0.05, 0.1) is 17.6 Å². The molecular formula is C34H31FN2O3S. The lowest BCUT2D eigenvalue weighted by atomic mass is 9.71. The number of ketones is 1. The van der Waals surface area contributed by atoms with Crippen LogP contribution >= 0.6 is 0 Å². The van der Waals surface area contributed by atoms with Gasteiger partial charge in [-0.15, -0.1) is 0 Å². The smallest absolute Gasteiger partial charge is 0.187 e. The SMILES string of the molecule is CCN1C=CC=NC=C1C1=CCC(c2ccc(F)cc2)C2=c3ccc4c(c3C(=O)C=C12)C(C)C=CC=4CC[SH](=O)=O. The monoisotopic (exact) mass is 566 g/mol. The van der Waals surface area contributed by atoms with E-state index < -0.39 is 10.7 Å². The Morgan fingerprint density at radius 3 is 2.61 bits per heavy atom. The summed E-state index contributed by atoms with van der Waals surface area (Å²) >= 11 is 0. The van der Waals surface area contributed by atoms with Gasteiger partial charge in [0.15, 0.2) is 5.78 Å². The number of carbonyl (C=O) groups excluding carboxylic acids is 1. The second-order valence-electron chi connectivity index (χ2n) is 10.7. The summed E-state index contributed by atoms with van der Waals surface area (Å²) in [4.78, 5) is 20.7. The van der Waals surface area contributed by atoms with Crippen molar-refractivity contribution < 1.29 is 17.6 Å². The van der Waals surface area contributed by atoms with Gasteiger partial charge in [0, 0.05) is 41.9 Å². The Morgan fingerprint density at radius 2 is 1.85 bits per heavy atom. The van der Waals surface area contributed by atoms with Crippen molar-refractivity contribution in [3.63, 3.8) is 0 Å². The summed E-state index contributed by atoms with van der Waals surface area (Å²) in [6.07, 6.45) is 16.5. The van der Waals surface area contributed by atoms with E-state index in [9.17, 15) is 17.6 Å². The minimum atomic E-state index is -2.50. The lowest BCUT2D eigenvalue weighted by Crippen LogP contribution is -2.35. The van der Waals surface area contributed by atoms with E-state index >= 15 is 0 Å². The van der Waals surface area contributed by atoms with Crippen molar-refractivity contribution in [3.05, 3.63) is 129 Å². The molecule has 1 heterocycles. The first-order valence-corrected chi connectivity index (χ1v) is 15.3. The maximum absolute atomic E-state index is 14.1. The van der Waals surface area contributed by atoms with Crippen LogP contribution in [-0.4, -0.2) is 37.6 Å². The van der Waals surface area contributed by atoms with E-state index in [1.807, 2.05) is 48.8 Å². The van der Waals surface area contributed by atoms with Crippen molar-refractivity contribution in [2.24, 2.45) is 4.99 Å². The van der Waals surface area contributed by atoms with Gasteiger partial charge in [-0.3, -0.25) is 9.79 Å². The Morgan fingerprint density at radius 1 is 1.07 bits per heavy atom. The topological polar surface area (TPSA) is 66.8 Å². The summed E-state index contributed by atoms with van der Waals surface area (Å²) in [6.45, 7) is 4.89. The minimum Gasteiger partial charge on any atom is -0.346 e. The summed E-state index contributed by atoms with van der Waals surface area (Å²) in [5, 5.41) is 1.83. The fourth-order valence-electron chi connectivity index (χ4n) is 6.43. The summed E-state index contributed by atoms with van der Waals surface area (Å²) in [7, 11) is -2.50. The van der Waals surface area contributed by atoms with E-state index in [0.29, 0.717) is 18.4 Å². The summed E-state index contributed by atoms with van der Waals surface area (Å²) in [5.74, 6) is -0.361. The number of carbonyl (C=O) groups is 1. The maximum atomic E-state index is 14.1. The summed E-state index contributed by atoms with van der Waals surface area (Å²) in [6, 6.07) is 10.7. The standard InChI is InChI=1S/C34H31FN2O3S/c1-3-37-17-4-16-36-20-30(37)27-13-11-26(22-7-9-24(35)10-8-22)33-28-14-12-25-23(15-18-41(39)40)6-5-21(2)32(25)34(28)31(38)19-29(27)33/h4-10,12-14,16-17,19-21,26,41H,3,11,15,18H2,1-2H3. The molecule has 0 bridgehead atoms. The van der Waals surface area contributed by atoms with Gasteiger partial charge in [0.1, 0.15) is 16.5 Å². The molecule has 4 aliphatic rings. The van der Waals surface area contributed by atoms with Gasteiger partial charge in [-0.05, 0) is 82.3 Å². The summed E-state index contributed by atoms with van der Waals surface area (Å²) < 4.78 is 36.7. The number of rotatable bonds is 6. The van der Waals surface area contributed by atoms with Gasteiger partial charge in [-0.2, -0.15) is 0 Å². The van der Waals surface area contributed by atoms with Gasteiger partial charge in [0.2, 0.25) is 0 Å². The molecule has 5 nitrogen and oxygen atoms in total. The van der Waals surface area contributed by atoms with Crippen LogP contribution in [0, 0.1) is 5.82 Å². The third-order valence-electron chi connectivity index (χ3n) is 8.33. The van der Waals surface area contributed by atoms with Crippen molar-refractivity contribution in [2.45, 2.75) is 38.5 Å². The Bertz CT molecular complexity index is 1830. The highest BCUT2D eigenvalue weighted by Gasteiger charge is 2.35. The normalized spacial score (nSPS) is 21.2. The number of hydrogen-bond donors (Lipinski definition) is 1. The molecule has 2 unspecified atom stereocenters. The van der Waals surface area contributed by atoms with Crippen molar-refractivity contribution in [3.8, 4) is 0 Å². The number of hydrogen-bond acceptors (Lipinski definition) is 5. The van der Waals surface area contributed by atoms with E-state index in [1.54, 1.807) is 12.3 Å². The third-order valence-corrected chi connectivity index (χ3v) is 8.92. The van der Waals surface area contributed by atoms with Crippen molar-refractivity contribution >= 4 is 33.8 Å². The van der Waals surface area contributed by atoms with Crippen LogP contribution in [0.15, 0.2) is 101 Å². The molecule has 3 aliphatic carbocycles.